The van der Waals surface area contributed by atoms with Gasteiger partial charge < -0.3 is 11.1 Å². The van der Waals surface area contributed by atoms with E-state index in [9.17, 15) is 8.78 Å². The van der Waals surface area contributed by atoms with Crippen LogP contribution in [0.3, 0.4) is 0 Å². The summed E-state index contributed by atoms with van der Waals surface area (Å²) >= 11 is 0. The lowest BCUT2D eigenvalue weighted by atomic mass is 9.93. The minimum Gasteiger partial charge on any atom is -0.370 e. The Morgan fingerprint density at radius 2 is 2.05 bits per heavy atom. The third-order valence-electron chi connectivity index (χ3n) is 3.87. The van der Waals surface area contributed by atoms with Crippen LogP contribution in [-0.4, -0.2) is 12.5 Å². The molecule has 3 nitrogen and oxygen atoms in total. The van der Waals surface area contributed by atoms with Crippen LogP contribution in [0.15, 0.2) is 23.2 Å². The smallest absolute Gasteiger partial charge is 0.193 e. The second-order valence-electron chi connectivity index (χ2n) is 5.47. The molecular formula is C14H20F2IN3. The quantitative estimate of drug-likeness (QED) is 0.464. The Hall–Kier alpha value is -0.920. The number of nitrogens with zero attached hydrogens (tertiary/aromatic N) is 1. The fourth-order valence-electron chi connectivity index (χ4n) is 2.09. The minimum absolute atomic E-state index is 0. The molecule has 2 rings (SSSR count). The number of anilines is 1. The highest BCUT2D eigenvalue weighted by atomic mass is 127. The predicted molar refractivity (Wildman–Crippen MR) is 88.4 cm³/mol. The third-order valence-corrected chi connectivity index (χ3v) is 3.87. The molecule has 0 aromatic heterocycles. The maximum absolute atomic E-state index is 13.4. The van der Waals surface area contributed by atoms with E-state index in [0.29, 0.717) is 12.5 Å². The first-order valence-electron chi connectivity index (χ1n) is 6.45. The first-order chi connectivity index (χ1) is 8.93. The van der Waals surface area contributed by atoms with Gasteiger partial charge in [0.2, 0.25) is 0 Å². The topological polar surface area (TPSA) is 50.4 Å². The Bertz CT molecular complexity index is 499. The van der Waals surface area contributed by atoms with Crippen molar-refractivity contribution in [3.8, 4) is 0 Å². The summed E-state index contributed by atoms with van der Waals surface area (Å²) in [5, 5.41) is 2.60. The van der Waals surface area contributed by atoms with Crippen LogP contribution < -0.4 is 11.1 Å². The predicted octanol–water partition coefficient (Wildman–Crippen LogP) is 3.75. The molecule has 1 aliphatic carbocycles. The van der Waals surface area contributed by atoms with Gasteiger partial charge in [-0.3, -0.25) is 4.99 Å². The molecule has 1 saturated carbocycles. The van der Waals surface area contributed by atoms with Gasteiger partial charge in [-0.15, -0.1) is 24.0 Å². The minimum atomic E-state index is -0.551. The van der Waals surface area contributed by atoms with Crippen LogP contribution in [0.1, 0.15) is 26.7 Å². The van der Waals surface area contributed by atoms with Gasteiger partial charge in [-0.2, -0.15) is 0 Å². The summed E-state index contributed by atoms with van der Waals surface area (Å²) in [6.45, 7) is 4.96. The molecule has 1 aromatic rings. The monoisotopic (exact) mass is 395 g/mol. The SMILES string of the molecule is CC(C)C1(CN=C(N)Nc2cc(F)ccc2F)CC1.I. The van der Waals surface area contributed by atoms with E-state index < -0.39 is 11.6 Å². The van der Waals surface area contributed by atoms with Crippen LogP contribution in [0.4, 0.5) is 14.5 Å². The van der Waals surface area contributed by atoms with Crippen LogP contribution in [-0.2, 0) is 0 Å². The molecule has 6 heteroatoms. The van der Waals surface area contributed by atoms with Crippen molar-refractivity contribution in [3.05, 3.63) is 29.8 Å². The Balaban J connectivity index is 0.00000200. The highest BCUT2D eigenvalue weighted by Crippen LogP contribution is 2.51. The van der Waals surface area contributed by atoms with E-state index >= 15 is 0 Å². The molecule has 1 aromatic carbocycles. The van der Waals surface area contributed by atoms with Crippen LogP contribution in [0.2, 0.25) is 0 Å². The zero-order valence-electron chi connectivity index (χ0n) is 11.6. The number of guanidine groups is 1. The molecule has 20 heavy (non-hydrogen) atoms. The molecule has 0 amide bonds. The molecule has 0 atom stereocenters. The van der Waals surface area contributed by atoms with E-state index in [2.05, 4.69) is 24.2 Å². The summed E-state index contributed by atoms with van der Waals surface area (Å²) in [5.74, 6) is -0.395. The fourth-order valence-corrected chi connectivity index (χ4v) is 2.09. The lowest BCUT2D eigenvalue weighted by Crippen LogP contribution is -2.25. The van der Waals surface area contributed by atoms with Crippen LogP contribution >= 0.6 is 24.0 Å². The summed E-state index contributed by atoms with van der Waals surface area (Å²) in [6.07, 6.45) is 2.30. The fraction of sp³-hybridized carbons (Fsp3) is 0.500. The van der Waals surface area contributed by atoms with Gasteiger partial charge in [0.05, 0.1) is 5.69 Å². The van der Waals surface area contributed by atoms with Crippen molar-refractivity contribution in [2.45, 2.75) is 26.7 Å². The summed E-state index contributed by atoms with van der Waals surface area (Å²) in [6, 6.07) is 3.18. The highest BCUT2D eigenvalue weighted by molar-refractivity contribution is 14.0. The summed E-state index contributed by atoms with van der Waals surface area (Å²) < 4.78 is 26.4. The van der Waals surface area contributed by atoms with Gasteiger partial charge in [0, 0.05) is 12.6 Å². The molecule has 0 radical (unpaired) electrons. The van der Waals surface area contributed by atoms with Gasteiger partial charge in [-0.25, -0.2) is 8.78 Å². The number of benzene rings is 1. The summed E-state index contributed by atoms with van der Waals surface area (Å²) in [4.78, 5) is 4.24. The van der Waals surface area contributed by atoms with Crippen molar-refractivity contribution in [1.29, 1.82) is 0 Å². The number of aliphatic imine (C=N–C) groups is 1. The molecule has 0 aliphatic heterocycles. The number of halogens is 3. The van der Waals surface area contributed by atoms with Crippen molar-refractivity contribution in [2.24, 2.45) is 22.1 Å². The van der Waals surface area contributed by atoms with Crippen molar-refractivity contribution in [2.75, 3.05) is 11.9 Å². The van der Waals surface area contributed by atoms with Crippen LogP contribution in [0.25, 0.3) is 0 Å². The molecule has 0 saturated heterocycles. The number of nitrogens with two attached hydrogens (primary N) is 1. The van der Waals surface area contributed by atoms with Gasteiger partial charge in [0.15, 0.2) is 5.96 Å². The van der Waals surface area contributed by atoms with Crippen molar-refractivity contribution >= 4 is 35.6 Å². The van der Waals surface area contributed by atoms with E-state index in [-0.39, 0.29) is 41.0 Å². The molecule has 0 bridgehead atoms. The first-order valence-corrected chi connectivity index (χ1v) is 6.45. The third kappa shape index (κ3) is 4.04. The summed E-state index contributed by atoms with van der Waals surface area (Å²) in [5.41, 5.74) is 5.96. The van der Waals surface area contributed by atoms with Gasteiger partial charge in [0.1, 0.15) is 11.6 Å². The molecule has 3 N–H and O–H groups in total. The van der Waals surface area contributed by atoms with E-state index in [1.54, 1.807) is 0 Å². The molecular weight excluding hydrogens is 375 g/mol. The van der Waals surface area contributed by atoms with Gasteiger partial charge in [0.25, 0.3) is 0 Å². The standard InChI is InChI=1S/C14H19F2N3.HI/c1-9(2)14(5-6-14)8-18-13(17)19-12-7-10(15)3-4-11(12)16;/h3-4,7,9H,5-6,8H2,1-2H3,(H3,17,18,19);1H. The average molecular weight is 395 g/mol. The molecule has 1 fully saturated rings. The summed E-state index contributed by atoms with van der Waals surface area (Å²) in [7, 11) is 0. The normalized spacial score (nSPS) is 16.8. The first kappa shape index (κ1) is 17.1. The van der Waals surface area contributed by atoms with Crippen molar-refractivity contribution in [3.63, 3.8) is 0 Å². The maximum Gasteiger partial charge on any atom is 0.193 e. The zero-order valence-corrected chi connectivity index (χ0v) is 13.9. The molecule has 0 unspecified atom stereocenters. The van der Waals surface area contributed by atoms with Crippen molar-refractivity contribution < 1.29 is 8.78 Å². The van der Waals surface area contributed by atoms with Crippen LogP contribution in [0, 0.1) is 23.0 Å². The number of hydrogen-bond donors (Lipinski definition) is 2. The molecule has 0 heterocycles. The van der Waals surface area contributed by atoms with E-state index in [0.717, 1.165) is 31.0 Å². The Morgan fingerprint density at radius 3 is 2.60 bits per heavy atom. The average Bonchev–Trinajstić information content (AvgIpc) is 3.12. The lowest BCUT2D eigenvalue weighted by Gasteiger charge is -2.17. The van der Waals surface area contributed by atoms with E-state index in [1.165, 1.54) is 0 Å². The Kier molecular flexibility index (Phi) is 5.73. The second-order valence-corrected chi connectivity index (χ2v) is 5.47. The van der Waals surface area contributed by atoms with Crippen LogP contribution in [0.5, 0.6) is 0 Å². The van der Waals surface area contributed by atoms with E-state index in [4.69, 9.17) is 5.73 Å². The number of rotatable bonds is 4. The number of hydrogen-bond acceptors (Lipinski definition) is 1. The zero-order chi connectivity index (χ0) is 14.0. The van der Waals surface area contributed by atoms with Gasteiger partial charge in [-0.1, -0.05) is 13.8 Å². The Morgan fingerprint density at radius 1 is 1.40 bits per heavy atom. The molecule has 112 valence electrons. The second kappa shape index (κ2) is 6.69. The van der Waals surface area contributed by atoms with Crippen molar-refractivity contribution in [1.82, 2.24) is 0 Å². The Labute approximate surface area is 135 Å². The van der Waals surface area contributed by atoms with Gasteiger partial charge in [-0.05, 0) is 36.3 Å². The maximum atomic E-state index is 13.4. The van der Waals surface area contributed by atoms with E-state index in [1.807, 2.05) is 0 Å². The molecule has 0 spiro atoms. The lowest BCUT2D eigenvalue weighted by molar-refractivity contribution is 0.371. The molecule has 1 aliphatic rings. The highest BCUT2D eigenvalue weighted by Gasteiger charge is 2.45. The van der Waals surface area contributed by atoms with Gasteiger partial charge >= 0.3 is 0 Å². The number of nitrogens with one attached hydrogen (secondary N) is 1. The largest absolute Gasteiger partial charge is 0.370 e.